The molecule has 0 radical (unpaired) electrons. The number of oxazole rings is 1. The molecule has 1 aliphatic heterocycles. The number of amides is 2. The fourth-order valence-electron chi connectivity index (χ4n) is 3.75. The first-order valence-electron chi connectivity index (χ1n) is 9.65. The highest BCUT2D eigenvalue weighted by Gasteiger charge is 2.35. The predicted molar refractivity (Wildman–Crippen MR) is 111 cm³/mol. The number of nitrogens with one attached hydrogen (secondary N) is 1. The van der Waals surface area contributed by atoms with Gasteiger partial charge in [0.2, 0.25) is 11.8 Å². The van der Waals surface area contributed by atoms with Gasteiger partial charge < -0.3 is 24.1 Å². The summed E-state index contributed by atoms with van der Waals surface area (Å²) in [6.07, 6.45) is 0.164. The Morgan fingerprint density at radius 1 is 1.27 bits per heavy atom. The van der Waals surface area contributed by atoms with Crippen molar-refractivity contribution in [2.45, 2.75) is 19.9 Å². The van der Waals surface area contributed by atoms with Gasteiger partial charge in [0, 0.05) is 37.7 Å². The summed E-state index contributed by atoms with van der Waals surface area (Å²) in [5.41, 5.74) is 2.88. The van der Waals surface area contributed by atoms with Gasteiger partial charge in [-0.2, -0.15) is 0 Å². The molecule has 1 atom stereocenters. The van der Waals surface area contributed by atoms with Crippen molar-refractivity contribution in [2.75, 3.05) is 25.7 Å². The molecule has 1 unspecified atom stereocenters. The van der Waals surface area contributed by atoms with Crippen molar-refractivity contribution in [2.24, 2.45) is 5.92 Å². The van der Waals surface area contributed by atoms with Crippen LogP contribution in [0.15, 0.2) is 40.8 Å². The minimum atomic E-state index is -0.427. The standard InChI is InChI=1S/C22H23N3O5/c1-13-24-17-10-16(7-8-18(17)30-13)25-12-15(9-20(25)26)22(27)23-11-14-5-4-6-19(28-2)21(14)29-3/h4-8,10,15H,9,11-12H2,1-3H3,(H,23,27). The van der Waals surface area contributed by atoms with Gasteiger partial charge in [0.15, 0.2) is 23.0 Å². The van der Waals surface area contributed by atoms with Crippen LogP contribution in [-0.4, -0.2) is 37.6 Å². The molecule has 0 spiro atoms. The minimum Gasteiger partial charge on any atom is -0.493 e. The Kier molecular flexibility index (Phi) is 5.31. The molecule has 2 amide bonds. The topological polar surface area (TPSA) is 93.9 Å². The van der Waals surface area contributed by atoms with Crippen LogP contribution in [0.4, 0.5) is 5.69 Å². The van der Waals surface area contributed by atoms with E-state index in [2.05, 4.69) is 10.3 Å². The summed E-state index contributed by atoms with van der Waals surface area (Å²) in [6, 6.07) is 10.9. The van der Waals surface area contributed by atoms with Crippen LogP contribution < -0.4 is 19.7 Å². The van der Waals surface area contributed by atoms with Crippen LogP contribution in [0.25, 0.3) is 11.1 Å². The van der Waals surface area contributed by atoms with Crippen LogP contribution in [0.3, 0.4) is 0 Å². The van der Waals surface area contributed by atoms with E-state index in [1.807, 2.05) is 24.3 Å². The molecule has 0 saturated carbocycles. The Hall–Kier alpha value is -3.55. The maximum absolute atomic E-state index is 12.7. The molecule has 1 aromatic heterocycles. The third-order valence-electron chi connectivity index (χ3n) is 5.22. The van der Waals surface area contributed by atoms with Crippen LogP contribution in [-0.2, 0) is 16.1 Å². The van der Waals surface area contributed by atoms with E-state index in [0.717, 1.165) is 5.56 Å². The van der Waals surface area contributed by atoms with Gasteiger partial charge in [0.1, 0.15) is 5.52 Å². The predicted octanol–water partition coefficient (Wildman–Crippen LogP) is 2.82. The summed E-state index contributed by atoms with van der Waals surface area (Å²) < 4.78 is 16.2. The SMILES string of the molecule is COc1cccc(CNC(=O)C2CC(=O)N(c3ccc4oc(C)nc4c3)C2)c1OC. The molecular formula is C22H23N3O5. The van der Waals surface area contributed by atoms with Gasteiger partial charge in [-0.1, -0.05) is 12.1 Å². The second-order valence-corrected chi connectivity index (χ2v) is 7.16. The molecule has 1 aliphatic rings. The summed E-state index contributed by atoms with van der Waals surface area (Å²) in [5, 5.41) is 2.91. The normalized spacial score (nSPS) is 16.2. The highest BCUT2D eigenvalue weighted by atomic mass is 16.5. The fraction of sp³-hybridized carbons (Fsp3) is 0.318. The zero-order valence-corrected chi connectivity index (χ0v) is 17.1. The largest absolute Gasteiger partial charge is 0.493 e. The second-order valence-electron chi connectivity index (χ2n) is 7.16. The van der Waals surface area contributed by atoms with Gasteiger partial charge in [-0.15, -0.1) is 0 Å². The number of hydrogen-bond acceptors (Lipinski definition) is 6. The van der Waals surface area contributed by atoms with Gasteiger partial charge in [-0.05, 0) is 24.3 Å². The number of carbonyl (C=O) groups excluding carboxylic acids is 2. The number of aryl methyl sites for hydroxylation is 1. The molecule has 0 aliphatic carbocycles. The molecule has 1 N–H and O–H groups in total. The van der Waals surface area contributed by atoms with Gasteiger partial charge in [-0.25, -0.2) is 4.98 Å². The lowest BCUT2D eigenvalue weighted by Crippen LogP contribution is -2.32. The summed E-state index contributed by atoms with van der Waals surface area (Å²) >= 11 is 0. The second kappa shape index (κ2) is 8.06. The number of anilines is 1. The number of fused-ring (bicyclic) bond motifs is 1. The number of carbonyl (C=O) groups is 2. The van der Waals surface area contributed by atoms with Crippen molar-refractivity contribution >= 4 is 28.6 Å². The Morgan fingerprint density at radius 3 is 2.87 bits per heavy atom. The van der Waals surface area contributed by atoms with E-state index >= 15 is 0 Å². The Balaban J connectivity index is 1.44. The number of rotatable bonds is 6. The zero-order chi connectivity index (χ0) is 21.3. The average Bonchev–Trinajstić information content (AvgIpc) is 3.32. The minimum absolute atomic E-state index is 0.0892. The van der Waals surface area contributed by atoms with Crippen LogP contribution >= 0.6 is 0 Å². The Morgan fingerprint density at radius 2 is 2.10 bits per heavy atom. The summed E-state index contributed by atoms with van der Waals surface area (Å²) in [4.78, 5) is 31.2. The molecular weight excluding hydrogens is 386 g/mol. The molecule has 2 heterocycles. The molecule has 4 rings (SSSR count). The highest BCUT2D eigenvalue weighted by Crippen LogP contribution is 2.31. The molecule has 3 aromatic rings. The van der Waals surface area contributed by atoms with E-state index in [-0.39, 0.29) is 24.8 Å². The van der Waals surface area contributed by atoms with Crippen LogP contribution in [0, 0.1) is 12.8 Å². The number of benzene rings is 2. The number of hydrogen-bond donors (Lipinski definition) is 1. The van der Waals surface area contributed by atoms with Gasteiger partial charge in [0.05, 0.1) is 20.1 Å². The first-order chi connectivity index (χ1) is 14.5. The monoisotopic (exact) mass is 409 g/mol. The quantitative estimate of drug-likeness (QED) is 0.673. The number of methoxy groups -OCH3 is 2. The number of aromatic nitrogens is 1. The number of para-hydroxylation sites is 1. The maximum atomic E-state index is 12.7. The van der Waals surface area contributed by atoms with E-state index in [0.29, 0.717) is 40.7 Å². The summed E-state index contributed by atoms with van der Waals surface area (Å²) in [7, 11) is 3.13. The first-order valence-corrected chi connectivity index (χ1v) is 9.65. The van der Waals surface area contributed by atoms with Crippen molar-refractivity contribution in [1.29, 1.82) is 0 Å². The summed E-state index contributed by atoms with van der Waals surface area (Å²) in [5.74, 6) is 1.07. The van der Waals surface area contributed by atoms with Gasteiger partial charge >= 0.3 is 0 Å². The number of nitrogens with zero attached hydrogens (tertiary/aromatic N) is 2. The molecule has 8 heteroatoms. The number of ether oxygens (including phenoxy) is 2. The molecule has 2 aromatic carbocycles. The van der Waals surface area contributed by atoms with Gasteiger partial charge in [-0.3, -0.25) is 9.59 Å². The third-order valence-corrected chi connectivity index (χ3v) is 5.22. The van der Waals surface area contributed by atoms with Crippen LogP contribution in [0.2, 0.25) is 0 Å². The lowest BCUT2D eigenvalue weighted by Gasteiger charge is -2.17. The average molecular weight is 409 g/mol. The zero-order valence-electron chi connectivity index (χ0n) is 17.1. The van der Waals surface area contributed by atoms with E-state index in [1.54, 1.807) is 38.2 Å². The lowest BCUT2D eigenvalue weighted by molar-refractivity contribution is -0.126. The van der Waals surface area contributed by atoms with E-state index in [1.165, 1.54) is 0 Å². The molecule has 156 valence electrons. The smallest absolute Gasteiger partial charge is 0.227 e. The Labute approximate surface area is 173 Å². The van der Waals surface area contributed by atoms with E-state index < -0.39 is 5.92 Å². The van der Waals surface area contributed by atoms with Crippen molar-refractivity contribution < 1.29 is 23.5 Å². The maximum Gasteiger partial charge on any atom is 0.227 e. The lowest BCUT2D eigenvalue weighted by atomic mass is 10.1. The van der Waals surface area contributed by atoms with Crippen LogP contribution in [0.1, 0.15) is 17.9 Å². The highest BCUT2D eigenvalue weighted by molar-refractivity contribution is 6.01. The summed E-state index contributed by atoms with van der Waals surface area (Å²) in [6.45, 7) is 2.38. The Bertz CT molecular complexity index is 1110. The molecule has 0 bridgehead atoms. The molecule has 30 heavy (non-hydrogen) atoms. The fourth-order valence-corrected chi connectivity index (χ4v) is 3.75. The van der Waals surface area contributed by atoms with Crippen molar-refractivity contribution in [3.8, 4) is 11.5 Å². The van der Waals surface area contributed by atoms with E-state index in [4.69, 9.17) is 13.9 Å². The molecule has 1 fully saturated rings. The van der Waals surface area contributed by atoms with E-state index in [9.17, 15) is 9.59 Å². The molecule has 8 nitrogen and oxygen atoms in total. The van der Waals surface area contributed by atoms with Crippen molar-refractivity contribution in [3.63, 3.8) is 0 Å². The third kappa shape index (κ3) is 3.68. The van der Waals surface area contributed by atoms with Crippen molar-refractivity contribution in [3.05, 3.63) is 47.9 Å². The first kappa shape index (κ1) is 19.8. The van der Waals surface area contributed by atoms with Crippen molar-refractivity contribution in [1.82, 2.24) is 10.3 Å². The molecule has 1 saturated heterocycles. The van der Waals surface area contributed by atoms with Gasteiger partial charge in [0.25, 0.3) is 0 Å². The van der Waals surface area contributed by atoms with Crippen LogP contribution in [0.5, 0.6) is 11.5 Å².